The van der Waals surface area contributed by atoms with E-state index in [-0.39, 0.29) is 42.3 Å². The third-order valence-electron chi connectivity index (χ3n) is 8.43. The van der Waals surface area contributed by atoms with Crippen LogP contribution in [0.4, 0.5) is 13.6 Å². The van der Waals surface area contributed by atoms with Gasteiger partial charge in [-0.1, -0.05) is 6.07 Å². The van der Waals surface area contributed by atoms with Gasteiger partial charge < -0.3 is 23.7 Å². The second-order valence-electron chi connectivity index (χ2n) is 12.3. The Kier molecular flexibility index (Phi) is 5.73. The summed E-state index contributed by atoms with van der Waals surface area (Å²) in [5.41, 5.74) is 1.38. The number of aryl methyl sites for hydroxylation is 1. The van der Waals surface area contributed by atoms with Crippen LogP contribution in [0.3, 0.4) is 0 Å². The van der Waals surface area contributed by atoms with Crippen LogP contribution in [0.2, 0.25) is 0 Å². The Bertz CT molecular complexity index is 1740. The van der Waals surface area contributed by atoms with E-state index >= 15 is 4.39 Å². The smallest absolute Gasteiger partial charge is 0.410 e. The monoisotopic (exact) mass is 576 g/mol. The largest absolute Gasteiger partial charge is 0.487 e. The van der Waals surface area contributed by atoms with Gasteiger partial charge in [0.1, 0.15) is 39.9 Å². The number of benzene rings is 1. The highest BCUT2D eigenvalue weighted by molar-refractivity contribution is 5.79. The van der Waals surface area contributed by atoms with Crippen molar-refractivity contribution in [1.82, 2.24) is 29.4 Å². The van der Waals surface area contributed by atoms with Gasteiger partial charge in [-0.2, -0.15) is 9.97 Å². The highest BCUT2D eigenvalue weighted by Crippen LogP contribution is 2.67. The van der Waals surface area contributed by atoms with Gasteiger partial charge in [0.25, 0.3) is 0 Å². The molecule has 1 aromatic carbocycles. The molecule has 1 aliphatic heterocycles. The molecule has 3 aliphatic rings. The maximum Gasteiger partial charge on any atom is 0.410 e. The van der Waals surface area contributed by atoms with Gasteiger partial charge in [0.05, 0.1) is 25.5 Å². The van der Waals surface area contributed by atoms with E-state index in [4.69, 9.17) is 14.2 Å². The lowest BCUT2D eigenvalue weighted by molar-refractivity contribution is -0.312. The first-order valence-electron chi connectivity index (χ1n) is 13.8. The van der Waals surface area contributed by atoms with Crippen LogP contribution in [-0.2, 0) is 11.3 Å². The second-order valence-corrected chi connectivity index (χ2v) is 12.3. The Balaban J connectivity index is 1.13. The predicted octanol–water partition coefficient (Wildman–Crippen LogP) is 5.06. The summed E-state index contributed by atoms with van der Waals surface area (Å²) in [4.78, 5) is 31.8. The van der Waals surface area contributed by atoms with Crippen molar-refractivity contribution < 1.29 is 27.8 Å². The summed E-state index contributed by atoms with van der Waals surface area (Å²) in [6.45, 7) is 7.41. The number of imidazole rings is 1. The van der Waals surface area contributed by atoms with Crippen molar-refractivity contribution in [1.29, 1.82) is 0 Å². The number of rotatable bonds is 6. The summed E-state index contributed by atoms with van der Waals surface area (Å²) in [6, 6.07) is 6.49. The number of carbonyl (C=O) groups excluding carboxylic acids is 1. The third-order valence-corrected chi connectivity index (χ3v) is 8.43. The Morgan fingerprint density at radius 2 is 1.86 bits per heavy atom. The highest BCUT2D eigenvalue weighted by atomic mass is 19.1. The number of pyridine rings is 1. The maximum atomic E-state index is 15.6. The number of hydrogen-bond donors (Lipinski definition) is 0. The molecule has 2 aliphatic carbocycles. The normalized spacial score (nSPS) is 23.9. The summed E-state index contributed by atoms with van der Waals surface area (Å²) in [5, 5.41) is 0. The molecule has 1 unspecified atom stereocenters. The van der Waals surface area contributed by atoms with E-state index in [9.17, 15) is 9.18 Å². The minimum atomic E-state index is -0.543. The topological polar surface area (TPSA) is 104 Å². The summed E-state index contributed by atoms with van der Waals surface area (Å²) in [5.74, 6) is 0.0826. The molecule has 0 N–H and O–H groups in total. The van der Waals surface area contributed by atoms with Gasteiger partial charge in [0, 0.05) is 54.2 Å². The molecule has 1 amide bonds. The summed E-state index contributed by atoms with van der Waals surface area (Å²) in [6.07, 6.45) is 3.72. The minimum Gasteiger partial charge on any atom is -0.487 e. The summed E-state index contributed by atoms with van der Waals surface area (Å²) >= 11 is 0. The van der Waals surface area contributed by atoms with Crippen molar-refractivity contribution in [2.75, 3.05) is 7.11 Å². The van der Waals surface area contributed by atoms with Crippen LogP contribution in [0, 0.1) is 24.5 Å². The van der Waals surface area contributed by atoms with Gasteiger partial charge in [-0.05, 0) is 39.8 Å². The zero-order chi connectivity index (χ0) is 29.6. The lowest BCUT2D eigenvalue weighted by atomic mass is 9.43. The van der Waals surface area contributed by atoms with Crippen molar-refractivity contribution in [2.24, 2.45) is 5.92 Å². The van der Waals surface area contributed by atoms with Crippen LogP contribution in [0.15, 0.2) is 36.7 Å². The van der Waals surface area contributed by atoms with Crippen LogP contribution >= 0.6 is 0 Å². The van der Waals surface area contributed by atoms with E-state index in [0.717, 1.165) is 6.20 Å². The van der Waals surface area contributed by atoms with E-state index in [1.54, 1.807) is 23.6 Å². The number of methoxy groups -OCH3 is 1. The third kappa shape index (κ3) is 4.06. The first-order chi connectivity index (χ1) is 20.0. The molecule has 4 heterocycles. The molecule has 2 saturated carbocycles. The number of halogens is 2. The average molecular weight is 577 g/mol. The maximum absolute atomic E-state index is 15.6. The molecule has 4 atom stereocenters. The number of ether oxygens (including phenoxy) is 3. The summed E-state index contributed by atoms with van der Waals surface area (Å²) < 4.78 is 48.5. The van der Waals surface area contributed by atoms with Gasteiger partial charge in [-0.25, -0.2) is 18.6 Å². The highest BCUT2D eigenvalue weighted by Gasteiger charge is 2.79. The van der Waals surface area contributed by atoms with Crippen LogP contribution in [0.5, 0.6) is 11.8 Å². The zero-order valence-corrected chi connectivity index (χ0v) is 23.9. The standard InChI is InChI=1S/C30H30F2N6O4/c1-15-24-26(36-27(34-15)40-5)37(25(35-24)17-8-18(31)13-33-12-17)14-16-6-7-19(9-20(16)32)41-30-10-21-23(30)22(11-30)38(21)28(39)42-29(2,3)4/h6-9,12-13,21-23H,10-11,14H2,1-5H3/t21-,22+,23?,30-. The Labute approximate surface area is 240 Å². The van der Waals surface area contributed by atoms with Crippen LogP contribution in [0.25, 0.3) is 22.6 Å². The molecule has 3 fully saturated rings. The molecule has 7 rings (SSSR count). The fourth-order valence-electron chi connectivity index (χ4n) is 6.61. The number of hydrogen-bond acceptors (Lipinski definition) is 8. The van der Waals surface area contributed by atoms with E-state index in [0.29, 0.717) is 52.4 Å². The Morgan fingerprint density at radius 3 is 2.50 bits per heavy atom. The van der Waals surface area contributed by atoms with Crippen molar-refractivity contribution in [2.45, 2.75) is 70.4 Å². The van der Waals surface area contributed by atoms with Crippen molar-refractivity contribution in [3.63, 3.8) is 0 Å². The van der Waals surface area contributed by atoms with Crippen molar-refractivity contribution in [3.8, 4) is 23.1 Å². The lowest BCUT2D eigenvalue weighted by Crippen LogP contribution is -2.90. The minimum absolute atomic E-state index is 0.0663. The molecule has 0 bridgehead atoms. The van der Waals surface area contributed by atoms with E-state index < -0.39 is 17.2 Å². The van der Waals surface area contributed by atoms with Gasteiger partial charge in [0.2, 0.25) is 0 Å². The van der Waals surface area contributed by atoms with Gasteiger partial charge in [0.15, 0.2) is 5.65 Å². The number of nitrogens with zero attached hydrogens (tertiary/aromatic N) is 6. The molecule has 0 radical (unpaired) electrons. The van der Waals surface area contributed by atoms with Crippen molar-refractivity contribution in [3.05, 3.63) is 59.6 Å². The molecule has 1 saturated heterocycles. The molecular formula is C30H30F2N6O4. The average Bonchev–Trinajstić information content (AvgIpc) is 3.27. The van der Waals surface area contributed by atoms with E-state index in [2.05, 4.69) is 19.9 Å². The summed E-state index contributed by atoms with van der Waals surface area (Å²) in [7, 11) is 1.46. The number of likely N-dealkylation sites (tertiary alicyclic amines) is 1. The van der Waals surface area contributed by atoms with Crippen LogP contribution in [-0.4, -0.2) is 65.9 Å². The van der Waals surface area contributed by atoms with Gasteiger partial charge in [-0.15, -0.1) is 0 Å². The molecule has 3 aromatic heterocycles. The van der Waals surface area contributed by atoms with Crippen LogP contribution < -0.4 is 9.47 Å². The number of carbonyl (C=O) groups is 1. The SMILES string of the molecule is COc1nc(C)c2nc(-c3cncc(F)c3)n(Cc3ccc(O[C@@]45C[C@@H]6C4[C@H](C5)N6C(=O)OC(C)(C)C)cc3F)c2n1. The second kappa shape index (κ2) is 9.07. The zero-order valence-electron chi connectivity index (χ0n) is 23.9. The van der Waals surface area contributed by atoms with E-state index in [1.165, 1.54) is 25.4 Å². The predicted molar refractivity (Wildman–Crippen MR) is 147 cm³/mol. The lowest BCUT2D eigenvalue weighted by Gasteiger charge is -2.78. The molecule has 218 valence electrons. The molecule has 0 spiro atoms. The molecule has 4 aromatic rings. The first kappa shape index (κ1) is 26.5. The van der Waals surface area contributed by atoms with E-state index in [1.807, 2.05) is 25.7 Å². The molecule has 42 heavy (non-hydrogen) atoms. The Hall–Kier alpha value is -4.35. The molecule has 12 heteroatoms. The Morgan fingerprint density at radius 1 is 1.10 bits per heavy atom. The van der Waals surface area contributed by atoms with Gasteiger partial charge in [-0.3, -0.25) is 4.98 Å². The number of piperidine rings is 3. The van der Waals surface area contributed by atoms with Crippen LogP contribution in [0.1, 0.15) is 44.9 Å². The fourth-order valence-corrected chi connectivity index (χ4v) is 6.61. The number of fused-ring (bicyclic) bond motifs is 1. The molecule has 10 nitrogen and oxygen atoms in total. The quantitative estimate of drug-likeness (QED) is 0.314. The molecular weight excluding hydrogens is 546 g/mol. The van der Waals surface area contributed by atoms with Gasteiger partial charge >= 0.3 is 12.1 Å². The fraction of sp³-hybridized carbons (Fsp3) is 0.433. The van der Waals surface area contributed by atoms with Crippen molar-refractivity contribution >= 4 is 17.3 Å². The number of amides is 1. The first-order valence-corrected chi connectivity index (χ1v) is 13.8. The number of aromatic nitrogens is 5.